The van der Waals surface area contributed by atoms with Gasteiger partial charge in [0.05, 0.1) is 10.9 Å². The smallest absolute Gasteiger partial charge is 0.331 e. The Morgan fingerprint density at radius 1 is 0.865 bits per heavy atom. The van der Waals surface area contributed by atoms with Gasteiger partial charge in [-0.05, 0) is 60.9 Å². The van der Waals surface area contributed by atoms with Crippen LogP contribution < -0.4 is 21.9 Å². The Kier molecular flexibility index (Phi) is 9.83. The molecule has 2 amide bonds. The molecule has 0 aliphatic heterocycles. The number of nitrogens with one attached hydrogen (secondary N) is 2. The molecular formula is C29H38N4O4. The molecule has 3 aromatic rings. The molecule has 0 atom stereocenters. The van der Waals surface area contributed by atoms with Gasteiger partial charge in [-0.3, -0.25) is 23.5 Å². The third kappa shape index (κ3) is 7.65. The summed E-state index contributed by atoms with van der Waals surface area (Å²) in [7, 11) is 0. The summed E-state index contributed by atoms with van der Waals surface area (Å²) in [6.07, 6.45) is 2.32. The van der Waals surface area contributed by atoms with Crippen molar-refractivity contribution < 1.29 is 9.59 Å². The fraction of sp³-hybridized carbons (Fsp3) is 0.448. The zero-order valence-corrected chi connectivity index (χ0v) is 22.3. The van der Waals surface area contributed by atoms with Gasteiger partial charge in [0.25, 0.3) is 5.56 Å². The van der Waals surface area contributed by atoms with Crippen LogP contribution in [0.25, 0.3) is 10.9 Å². The number of benzene rings is 2. The van der Waals surface area contributed by atoms with Gasteiger partial charge < -0.3 is 10.6 Å². The number of anilines is 1. The van der Waals surface area contributed by atoms with Crippen LogP contribution in [0.15, 0.2) is 58.1 Å². The molecule has 3 rings (SSSR count). The summed E-state index contributed by atoms with van der Waals surface area (Å²) < 4.78 is 2.51. The highest BCUT2D eigenvalue weighted by atomic mass is 16.2. The second-order valence-corrected chi connectivity index (χ2v) is 10.2. The van der Waals surface area contributed by atoms with E-state index in [0.29, 0.717) is 54.2 Å². The molecule has 0 aliphatic carbocycles. The highest BCUT2D eigenvalue weighted by Crippen LogP contribution is 2.17. The SMILES string of the molecule is CC(C)CCNC(=O)CCCCn1c(=O)c2ccccc2n(CC(=O)Nc2ccc(C(C)C)cc2)c1=O. The highest BCUT2D eigenvalue weighted by molar-refractivity contribution is 5.91. The van der Waals surface area contributed by atoms with Crippen molar-refractivity contribution in [3.63, 3.8) is 0 Å². The quantitative estimate of drug-likeness (QED) is 0.358. The molecule has 0 aliphatic rings. The summed E-state index contributed by atoms with van der Waals surface area (Å²) in [4.78, 5) is 51.3. The number of hydrogen-bond acceptors (Lipinski definition) is 4. The van der Waals surface area contributed by atoms with Gasteiger partial charge in [0.2, 0.25) is 11.8 Å². The molecule has 0 saturated heterocycles. The molecule has 0 spiro atoms. The van der Waals surface area contributed by atoms with E-state index in [1.807, 2.05) is 24.3 Å². The lowest BCUT2D eigenvalue weighted by Crippen LogP contribution is -2.41. The summed E-state index contributed by atoms with van der Waals surface area (Å²) >= 11 is 0. The Morgan fingerprint density at radius 3 is 2.24 bits per heavy atom. The van der Waals surface area contributed by atoms with E-state index in [0.717, 1.165) is 6.42 Å². The fourth-order valence-corrected chi connectivity index (χ4v) is 4.16. The molecule has 1 heterocycles. The number of fused-ring (bicyclic) bond motifs is 1. The number of aromatic nitrogens is 2. The molecule has 37 heavy (non-hydrogen) atoms. The van der Waals surface area contributed by atoms with Crippen LogP contribution in [0.2, 0.25) is 0 Å². The normalized spacial score (nSPS) is 11.3. The van der Waals surface area contributed by atoms with Gasteiger partial charge in [0.15, 0.2) is 0 Å². The number of rotatable bonds is 12. The van der Waals surface area contributed by atoms with Crippen molar-refractivity contribution >= 4 is 28.4 Å². The minimum atomic E-state index is -0.532. The molecule has 198 valence electrons. The van der Waals surface area contributed by atoms with Gasteiger partial charge in [-0.25, -0.2) is 4.79 Å². The number of para-hydroxylation sites is 1. The lowest BCUT2D eigenvalue weighted by molar-refractivity contribution is -0.121. The van der Waals surface area contributed by atoms with E-state index in [1.165, 1.54) is 14.7 Å². The number of amides is 2. The molecule has 8 nitrogen and oxygen atoms in total. The average molecular weight is 507 g/mol. The Balaban J connectivity index is 1.72. The molecule has 0 bridgehead atoms. The number of unbranched alkanes of at least 4 members (excludes halogenated alkanes) is 1. The maximum Gasteiger partial charge on any atom is 0.331 e. The average Bonchev–Trinajstić information content (AvgIpc) is 2.86. The Bertz CT molecular complexity index is 1340. The van der Waals surface area contributed by atoms with Crippen molar-refractivity contribution in [2.45, 2.75) is 72.4 Å². The molecule has 0 unspecified atom stereocenters. The maximum absolute atomic E-state index is 13.3. The van der Waals surface area contributed by atoms with Crippen LogP contribution in [-0.4, -0.2) is 27.5 Å². The largest absolute Gasteiger partial charge is 0.356 e. The summed E-state index contributed by atoms with van der Waals surface area (Å²) in [6, 6.07) is 14.4. The zero-order valence-electron chi connectivity index (χ0n) is 22.3. The van der Waals surface area contributed by atoms with Gasteiger partial charge in [0, 0.05) is 25.2 Å². The third-order valence-electron chi connectivity index (χ3n) is 6.37. The van der Waals surface area contributed by atoms with Crippen molar-refractivity contribution in [1.82, 2.24) is 14.5 Å². The second kappa shape index (κ2) is 13.0. The Morgan fingerprint density at radius 2 is 1.57 bits per heavy atom. The number of carbonyl (C=O) groups excluding carboxylic acids is 2. The number of nitrogens with zero attached hydrogens (tertiary/aromatic N) is 2. The summed E-state index contributed by atoms with van der Waals surface area (Å²) in [5.41, 5.74) is 1.31. The first-order valence-corrected chi connectivity index (χ1v) is 13.1. The van der Waals surface area contributed by atoms with Crippen LogP contribution in [0, 0.1) is 5.92 Å². The van der Waals surface area contributed by atoms with Crippen molar-refractivity contribution in [1.29, 1.82) is 0 Å². The minimum absolute atomic E-state index is 0.0259. The Labute approximate surface area is 217 Å². The summed E-state index contributed by atoms with van der Waals surface area (Å²) in [5, 5.41) is 6.12. The van der Waals surface area contributed by atoms with Crippen molar-refractivity contribution in [2.75, 3.05) is 11.9 Å². The third-order valence-corrected chi connectivity index (χ3v) is 6.37. The predicted octanol–water partition coefficient (Wildman–Crippen LogP) is 4.26. The molecule has 2 N–H and O–H groups in total. The van der Waals surface area contributed by atoms with Crippen LogP contribution >= 0.6 is 0 Å². The van der Waals surface area contributed by atoms with E-state index < -0.39 is 5.69 Å². The van der Waals surface area contributed by atoms with Crippen molar-refractivity contribution in [3.05, 3.63) is 74.9 Å². The van der Waals surface area contributed by atoms with E-state index in [4.69, 9.17) is 0 Å². The Hall–Kier alpha value is -3.68. The lowest BCUT2D eigenvalue weighted by Gasteiger charge is -2.14. The van der Waals surface area contributed by atoms with Gasteiger partial charge in [-0.2, -0.15) is 0 Å². The minimum Gasteiger partial charge on any atom is -0.356 e. The van der Waals surface area contributed by atoms with Gasteiger partial charge in [0.1, 0.15) is 6.54 Å². The van der Waals surface area contributed by atoms with E-state index in [9.17, 15) is 19.2 Å². The maximum atomic E-state index is 13.3. The predicted molar refractivity (Wildman–Crippen MR) is 148 cm³/mol. The number of carbonyl (C=O) groups is 2. The van der Waals surface area contributed by atoms with Gasteiger partial charge in [-0.15, -0.1) is 0 Å². The van der Waals surface area contributed by atoms with E-state index in [1.54, 1.807) is 24.3 Å². The van der Waals surface area contributed by atoms with Crippen LogP contribution in [0.3, 0.4) is 0 Å². The molecule has 0 saturated carbocycles. The fourth-order valence-electron chi connectivity index (χ4n) is 4.16. The molecular weight excluding hydrogens is 468 g/mol. The van der Waals surface area contributed by atoms with E-state index >= 15 is 0 Å². The van der Waals surface area contributed by atoms with E-state index in [-0.39, 0.29) is 30.5 Å². The van der Waals surface area contributed by atoms with Crippen LogP contribution in [-0.2, 0) is 22.7 Å². The monoisotopic (exact) mass is 506 g/mol. The summed E-state index contributed by atoms with van der Waals surface area (Å²) in [5.74, 6) is 0.527. The number of hydrogen-bond donors (Lipinski definition) is 2. The molecule has 0 radical (unpaired) electrons. The van der Waals surface area contributed by atoms with Crippen molar-refractivity contribution in [2.24, 2.45) is 5.92 Å². The topological polar surface area (TPSA) is 102 Å². The van der Waals surface area contributed by atoms with Crippen molar-refractivity contribution in [3.8, 4) is 0 Å². The van der Waals surface area contributed by atoms with Crippen LogP contribution in [0.4, 0.5) is 5.69 Å². The first kappa shape index (κ1) is 27.9. The molecule has 2 aromatic carbocycles. The summed E-state index contributed by atoms with van der Waals surface area (Å²) in [6.45, 7) is 9.02. The van der Waals surface area contributed by atoms with Gasteiger partial charge >= 0.3 is 5.69 Å². The first-order valence-electron chi connectivity index (χ1n) is 13.1. The molecule has 8 heteroatoms. The first-order chi connectivity index (χ1) is 17.7. The van der Waals surface area contributed by atoms with Crippen LogP contribution in [0.1, 0.15) is 64.9 Å². The molecule has 1 aromatic heterocycles. The standard InChI is InChI=1S/C29H38N4O4/c1-20(2)16-17-30-26(34)11-7-8-18-32-28(36)24-9-5-6-10-25(24)33(29(32)37)19-27(35)31-23-14-12-22(13-15-23)21(3)4/h5-6,9-10,12-15,20-21H,7-8,11,16-19H2,1-4H3,(H,30,34)(H,31,35). The zero-order chi connectivity index (χ0) is 26.9. The van der Waals surface area contributed by atoms with Gasteiger partial charge in [-0.1, -0.05) is 52.0 Å². The van der Waals surface area contributed by atoms with Crippen LogP contribution in [0.5, 0.6) is 0 Å². The van der Waals surface area contributed by atoms with E-state index in [2.05, 4.69) is 38.3 Å². The lowest BCUT2D eigenvalue weighted by atomic mass is 10.0. The highest BCUT2D eigenvalue weighted by Gasteiger charge is 2.15. The molecule has 0 fully saturated rings. The second-order valence-electron chi connectivity index (χ2n) is 10.2.